The highest BCUT2D eigenvalue weighted by Gasteiger charge is 2.09. The van der Waals surface area contributed by atoms with Gasteiger partial charge < -0.3 is 10.1 Å². The summed E-state index contributed by atoms with van der Waals surface area (Å²) in [6.07, 6.45) is 1.64. The number of rotatable bonds is 5. The molecular weight excluding hydrogens is 297 g/mol. The predicted octanol–water partition coefficient (Wildman–Crippen LogP) is 3.31. The van der Waals surface area contributed by atoms with Crippen molar-refractivity contribution in [2.45, 2.75) is 6.73 Å². The average Bonchev–Trinajstić information content (AvgIpc) is 3.04. The summed E-state index contributed by atoms with van der Waals surface area (Å²) in [5, 5.41) is 6.90. The number of amides is 1. The van der Waals surface area contributed by atoms with Gasteiger partial charge in [-0.05, 0) is 42.5 Å². The summed E-state index contributed by atoms with van der Waals surface area (Å²) < 4.78 is 19.8. The third-order valence-corrected chi connectivity index (χ3v) is 3.08. The number of carbonyl (C=O) groups is 1. The third kappa shape index (κ3) is 3.94. The molecular formula is C17H14FN3O2. The zero-order chi connectivity index (χ0) is 16.1. The Hall–Kier alpha value is -3.15. The fourth-order valence-electron chi connectivity index (χ4n) is 1.94. The second-order valence-corrected chi connectivity index (χ2v) is 4.79. The molecule has 0 saturated carbocycles. The number of hydrogen-bond acceptors (Lipinski definition) is 3. The molecule has 6 heteroatoms. The van der Waals surface area contributed by atoms with Crippen LogP contribution in [0.5, 0.6) is 5.75 Å². The van der Waals surface area contributed by atoms with Gasteiger partial charge in [-0.1, -0.05) is 18.2 Å². The lowest BCUT2D eigenvalue weighted by atomic mass is 10.3. The van der Waals surface area contributed by atoms with Crippen LogP contribution in [0.25, 0.3) is 0 Å². The van der Waals surface area contributed by atoms with Gasteiger partial charge in [0.05, 0.1) is 0 Å². The summed E-state index contributed by atoms with van der Waals surface area (Å²) in [5.41, 5.74) is 0.992. The lowest BCUT2D eigenvalue weighted by Crippen LogP contribution is -2.14. The number of carbonyl (C=O) groups excluding carboxylic acids is 1. The minimum atomic E-state index is -0.323. The summed E-state index contributed by atoms with van der Waals surface area (Å²) in [6.45, 7) is 0.129. The Morgan fingerprint density at radius 2 is 1.83 bits per heavy atom. The van der Waals surface area contributed by atoms with E-state index < -0.39 is 0 Å². The average molecular weight is 311 g/mol. The van der Waals surface area contributed by atoms with E-state index in [2.05, 4.69) is 10.4 Å². The number of aromatic nitrogens is 2. The smallest absolute Gasteiger partial charge is 0.276 e. The minimum Gasteiger partial charge on any atom is -0.471 e. The molecule has 0 aliphatic rings. The molecule has 0 bridgehead atoms. The fraction of sp³-hybridized carbons (Fsp3) is 0.0588. The number of para-hydroxylation sites is 1. The van der Waals surface area contributed by atoms with E-state index in [4.69, 9.17) is 4.74 Å². The Balaban J connectivity index is 1.59. The molecule has 5 nitrogen and oxygen atoms in total. The number of nitrogens with zero attached hydrogens (tertiary/aromatic N) is 2. The van der Waals surface area contributed by atoms with Crippen LogP contribution in [0.15, 0.2) is 66.9 Å². The van der Waals surface area contributed by atoms with Gasteiger partial charge in [0.1, 0.15) is 11.6 Å². The molecule has 1 N–H and O–H groups in total. The van der Waals surface area contributed by atoms with Gasteiger partial charge in [0.15, 0.2) is 12.4 Å². The highest BCUT2D eigenvalue weighted by Crippen LogP contribution is 2.12. The molecule has 0 atom stereocenters. The van der Waals surface area contributed by atoms with Crippen molar-refractivity contribution in [1.29, 1.82) is 0 Å². The van der Waals surface area contributed by atoms with Crippen LogP contribution in [0.2, 0.25) is 0 Å². The number of nitrogens with one attached hydrogen (secondary N) is 1. The van der Waals surface area contributed by atoms with E-state index in [-0.39, 0.29) is 24.1 Å². The highest BCUT2D eigenvalue weighted by atomic mass is 19.1. The van der Waals surface area contributed by atoms with Crippen molar-refractivity contribution in [1.82, 2.24) is 9.78 Å². The Morgan fingerprint density at radius 1 is 1.09 bits per heavy atom. The van der Waals surface area contributed by atoms with Crippen molar-refractivity contribution in [2.75, 3.05) is 5.32 Å². The molecule has 116 valence electrons. The first-order chi connectivity index (χ1) is 11.2. The van der Waals surface area contributed by atoms with Crippen LogP contribution in [0, 0.1) is 5.82 Å². The van der Waals surface area contributed by atoms with Gasteiger partial charge in [-0.2, -0.15) is 5.10 Å². The minimum absolute atomic E-state index is 0.129. The first-order valence-corrected chi connectivity index (χ1v) is 6.99. The van der Waals surface area contributed by atoms with E-state index in [1.807, 2.05) is 18.2 Å². The first-order valence-electron chi connectivity index (χ1n) is 6.99. The number of halogens is 1. The zero-order valence-electron chi connectivity index (χ0n) is 12.1. The maximum absolute atomic E-state index is 12.8. The van der Waals surface area contributed by atoms with Gasteiger partial charge in [-0.25, -0.2) is 9.07 Å². The van der Waals surface area contributed by atoms with E-state index in [9.17, 15) is 9.18 Å². The SMILES string of the molecule is O=C(Nc1ccccc1)c1ccn(COc2ccc(F)cc2)n1. The Bertz CT molecular complexity index is 785. The van der Waals surface area contributed by atoms with Crippen LogP contribution in [0.1, 0.15) is 10.5 Å². The Labute approximate surface area is 132 Å². The predicted molar refractivity (Wildman–Crippen MR) is 83.7 cm³/mol. The van der Waals surface area contributed by atoms with Crippen molar-refractivity contribution in [3.05, 3.63) is 78.4 Å². The maximum atomic E-state index is 12.8. The second-order valence-electron chi connectivity index (χ2n) is 4.79. The quantitative estimate of drug-likeness (QED) is 0.786. The molecule has 0 fully saturated rings. The molecule has 0 unspecified atom stereocenters. The zero-order valence-corrected chi connectivity index (χ0v) is 12.1. The van der Waals surface area contributed by atoms with Crippen molar-refractivity contribution < 1.29 is 13.9 Å². The topological polar surface area (TPSA) is 56.2 Å². The van der Waals surface area contributed by atoms with E-state index in [0.29, 0.717) is 11.4 Å². The third-order valence-electron chi connectivity index (χ3n) is 3.08. The normalized spacial score (nSPS) is 10.3. The first kappa shape index (κ1) is 14.8. The molecule has 0 saturated heterocycles. The van der Waals surface area contributed by atoms with Crippen LogP contribution in [0.4, 0.5) is 10.1 Å². The lowest BCUT2D eigenvalue weighted by molar-refractivity contribution is 0.102. The molecule has 0 aliphatic heterocycles. The van der Waals surface area contributed by atoms with Crippen molar-refractivity contribution in [3.8, 4) is 5.75 Å². The van der Waals surface area contributed by atoms with Gasteiger partial charge in [0.25, 0.3) is 5.91 Å². The summed E-state index contributed by atoms with van der Waals surface area (Å²) >= 11 is 0. The summed E-state index contributed by atoms with van der Waals surface area (Å²) in [6, 6.07) is 16.4. The van der Waals surface area contributed by atoms with E-state index >= 15 is 0 Å². The van der Waals surface area contributed by atoms with Gasteiger partial charge in [0.2, 0.25) is 0 Å². The van der Waals surface area contributed by atoms with Gasteiger partial charge in [0, 0.05) is 11.9 Å². The van der Waals surface area contributed by atoms with Crippen molar-refractivity contribution >= 4 is 11.6 Å². The molecule has 1 heterocycles. The molecule has 3 rings (SSSR count). The fourth-order valence-corrected chi connectivity index (χ4v) is 1.94. The second kappa shape index (κ2) is 6.74. The van der Waals surface area contributed by atoms with Crippen LogP contribution in [0.3, 0.4) is 0 Å². The monoisotopic (exact) mass is 311 g/mol. The highest BCUT2D eigenvalue weighted by molar-refractivity contribution is 6.02. The number of anilines is 1. The molecule has 0 radical (unpaired) electrons. The molecule has 0 aliphatic carbocycles. The number of benzene rings is 2. The molecule has 0 spiro atoms. The number of hydrogen-bond donors (Lipinski definition) is 1. The van der Waals surface area contributed by atoms with E-state index in [1.165, 1.54) is 28.9 Å². The number of ether oxygens (including phenoxy) is 1. The van der Waals surface area contributed by atoms with Gasteiger partial charge in [-0.3, -0.25) is 4.79 Å². The molecule has 1 aromatic heterocycles. The largest absolute Gasteiger partial charge is 0.471 e. The standard InChI is InChI=1S/C17H14FN3O2/c18-13-6-8-15(9-7-13)23-12-21-11-10-16(20-21)17(22)19-14-4-2-1-3-5-14/h1-11H,12H2,(H,19,22). The van der Waals surface area contributed by atoms with Crippen LogP contribution in [-0.4, -0.2) is 15.7 Å². The molecule has 1 amide bonds. The van der Waals surface area contributed by atoms with Crippen LogP contribution < -0.4 is 10.1 Å². The summed E-state index contributed by atoms with van der Waals surface area (Å²) in [5.74, 6) is -0.0924. The van der Waals surface area contributed by atoms with Gasteiger partial charge in [-0.15, -0.1) is 0 Å². The van der Waals surface area contributed by atoms with Gasteiger partial charge >= 0.3 is 0 Å². The van der Waals surface area contributed by atoms with Crippen molar-refractivity contribution in [2.24, 2.45) is 0 Å². The summed E-state index contributed by atoms with van der Waals surface area (Å²) in [4.78, 5) is 12.1. The molecule has 23 heavy (non-hydrogen) atoms. The van der Waals surface area contributed by atoms with Crippen molar-refractivity contribution in [3.63, 3.8) is 0 Å². The molecule has 2 aromatic carbocycles. The summed E-state index contributed by atoms with van der Waals surface area (Å²) in [7, 11) is 0. The molecule has 3 aromatic rings. The Morgan fingerprint density at radius 3 is 2.57 bits per heavy atom. The van der Waals surface area contributed by atoms with Crippen LogP contribution in [-0.2, 0) is 6.73 Å². The Kier molecular flexibility index (Phi) is 4.33. The van der Waals surface area contributed by atoms with Crippen LogP contribution >= 0.6 is 0 Å². The maximum Gasteiger partial charge on any atom is 0.276 e. The van der Waals surface area contributed by atoms with E-state index in [0.717, 1.165) is 0 Å². The lowest BCUT2D eigenvalue weighted by Gasteiger charge is -2.06. The van der Waals surface area contributed by atoms with E-state index in [1.54, 1.807) is 24.4 Å².